The van der Waals surface area contributed by atoms with E-state index in [1.54, 1.807) is 0 Å². The van der Waals surface area contributed by atoms with Crippen LogP contribution in [0.5, 0.6) is 0 Å². The summed E-state index contributed by atoms with van der Waals surface area (Å²) in [5.74, 6) is 3.10. The van der Waals surface area contributed by atoms with Gasteiger partial charge < -0.3 is 5.11 Å². The number of rotatable bonds is 1. The van der Waals surface area contributed by atoms with Crippen LogP contribution < -0.4 is 0 Å². The van der Waals surface area contributed by atoms with E-state index in [4.69, 9.17) is 0 Å². The summed E-state index contributed by atoms with van der Waals surface area (Å²) in [6.45, 7) is 2.52. The average Bonchev–Trinajstić information content (AvgIpc) is 2.90. The van der Waals surface area contributed by atoms with Crippen LogP contribution in [0.1, 0.15) is 51.9 Å². The van der Waals surface area contributed by atoms with Crippen LogP contribution in [-0.2, 0) is 4.79 Å². The lowest BCUT2D eigenvalue weighted by Gasteiger charge is -2.55. The minimum absolute atomic E-state index is 0.171. The quantitative estimate of drug-likeness (QED) is 0.806. The SMILES string of the molecule is CC12CCC3C4CCC(=O)C=C4C(CO)CC3C1CCC2C#N. The van der Waals surface area contributed by atoms with Crippen LogP contribution in [0.2, 0.25) is 0 Å². The number of nitriles is 1. The topological polar surface area (TPSA) is 61.1 Å². The molecule has 0 aliphatic heterocycles. The number of hydrogen-bond donors (Lipinski definition) is 1. The molecule has 0 aromatic rings. The summed E-state index contributed by atoms with van der Waals surface area (Å²) in [4.78, 5) is 11.9. The third-order valence-corrected chi connectivity index (χ3v) is 7.87. The van der Waals surface area contributed by atoms with Gasteiger partial charge >= 0.3 is 0 Å². The molecule has 4 aliphatic carbocycles. The summed E-state index contributed by atoms with van der Waals surface area (Å²) < 4.78 is 0. The van der Waals surface area contributed by atoms with Gasteiger partial charge in [0.2, 0.25) is 0 Å². The molecule has 0 spiro atoms. The van der Waals surface area contributed by atoms with E-state index in [9.17, 15) is 15.2 Å². The van der Waals surface area contributed by atoms with E-state index in [2.05, 4.69) is 13.0 Å². The second kappa shape index (κ2) is 5.45. The Morgan fingerprint density at radius 1 is 1.30 bits per heavy atom. The maximum absolute atomic E-state index is 11.9. The second-order valence-electron chi connectivity index (χ2n) is 8.61. The standard InChI is InChI=1S/C20H27NO2/c1-20-7-6-16-15-4-3-14(23)9-17(15)12(11-22)8-18(16)19(20)5-2-13(20)10-21/h9,12-13,15-16,18-19,22H,2-8,11H2,1H3. The van der Waals surface area contributed by atoms with E-state index in [0.717, 1.165) is 19.3 Å². The number of carbonyl (C=O) groups excluding carboxylic acids is 1. The Morgan fingerprint density at radius 3 is 2.87 bits per heavy atom. The Morgan fingerprint density at radius 2 is 2.13 bits per heavy atom. The smallest absolute Gasteiger partial charge is 0.155 e. The van der Waals surface area contributed by atoms with Gasteiger partial charge in [0.05, 0.1) is 12.0 Å². The van der Waals surface area contributed by atoms with Gasteiger partial charge in [-0.15, -0.1) is 0 Å². The molecule has 4 rings (SSSR count). The number of carbonyl (C=O) groups is 1. The van der Waals surface area contributed by atoms with Gasteiger partial charge in [0.1, 0.15) is 0 Å². The van der Waals surface area contributed by atoms with E-state index in [1.807, 2.05) is 6.08 Å². The van der Waals surface area contributed by atoms with E-state index in [1.165, 1.54) is 24.8 Å². The first-order valence-corrected chi connectivity index (χ1v) is 9.33. The van der Waals surface area contributed by atoms with Gasteiger partial charge in [-0.25, -0.2) is 0 Å². The van der Waals surface area contributed by atoms with Crippen molar-refractivity contribution in [3.8, 4) is 6.07 Å². The normalized spacial score (nSPS) is 48.7. The number of ketones is 1. The molecule has 124 valence electrons. The molecule has 0 aromatic heterocycles. The summed E-state index contributed by atoms with van der Waals surface area (Å²) in [7, 11) is 0. The minimum atomic E-state index is 0.171. The van der Waals surface area contributed by atoms with Crippen molar-refractivity contribution in [1.82, 2.24) is 0 Å². The molecule has 0 bridgehead atoms. The van der Waals surface area contributed by atoms with Gasteiger partial charge in [0.25, 0.3) is 0 Å². The van der Waals surface area contributed by atoms with Crippen molar-refractivity contribution in [2.45, 2.75) is 51.9 Å². The largest absolute Gasteiger partial charge is 0.396 e. The first-order valence-electron chi connectivity index (χ1n) is 9.33. The summed E-state index contributed by atoms with van der Waals surface area (Å²) in [6, 6.07) is 2.58. The fraction of sp³-hybridized carbons (Fsp3) is 0.800. The molecule has 3 fully saturated rings. The highest BCUT2D eigenvalue weighted by Gasteiger charge is 2.57. The van der Waals surface area contributed by atoms with Crippen LogP contribution in [0.4, 0.5) is 0 Å². The number of nitrogens with zero attached hydrogens (tertiary/aromatic N) is 1. The predicted octanol–water partition coefficient (Wildman–Crippen LogP) is 3.49. The molecule has 0 saturated heterocycles. The van der Waals surface area contributed by atoms with Gasteiger partial charge in [-0.3, -0.25) is 4.79 Å². The maximum atomic E-state index is 11.9. The Bertz CT molecular complexity index is 589. The van der Waals surface area contributed by atoms with Crippen molar-refractivity contribution in [3.63, 3.8) is 0 Å². The highest BCUT2D eigenvalue weighted by molar-refractivity contribution is 5.91. The first kappa shape index (κ1) is 15.4. The van der Waals surface area contributed by atoms with Crippen molar-refractivity contribution in [3.05, 3.63) is 11.6 Å². The van der Waals surface area contributed by atoms with Crippen molar-refractivity contribution < 1.29 is 9.90 Å². The summed E-state index contributed by atoms with van der Waals surface area (Å²) in [6.07, 6.45) is 9.14. The molecule has 7 unspecified atom stereocenters. The highest BCUT2D eigenvalue weighted by Crippen LogP contribution is 2.64. The zero-order valence-corrected chi connectivity index (χ0v) is 14.0. The Kier molecular flexibility index (Phi) is 3.65. The highest BCUT2D eigenvalue weighted by atomic mass is 16.3. The molecular formula is C20H27NO2. The molecule has 3 nitrogen and oxygen atoms in total. The van der Waals surface area contributed by atoms with E-state index < -0.39 is 0 Å². The molecule has 0 heterocycles. The Labute approximate surface area is 138 Å². The molecule has 1 N–H and O–H groups in total. The first-order chi connectivity index (χ1) is 11.1. The van der Waals surface area contributed by atoms with Crippen LogP contribution in [0.3, 0.4) is 0 Å². The van der Waals surface area contributed by atoms with Crippen LogP contribution >= 0.6 is 0 Å². The molecule has 7 atom stereocenters. The lowest BCUT2D eigenvalue weighted by atomic mass is 9.50. The number of aliphatic hydroxyl groups is 1. The molecule has 4 aliphatic rings. The zero-order valence-electron chi connectivity index (χ0n) is 14.0. The van der Waals surface area contributed by atoms with Crippen molar-refractivity contribution in [1.29, 1.82) is 5.26 Å². The summed E-state index contributed by atoms with van der Waals surface area (Å²) in [5, 5.41) is 19.4. The van der Waals surface area contributed by atoms with E-state index in [0.29, 0.717) is 30.1 Å². The summed E-state index contributed by atoms with van der Waals surface area (Å²) in [5.41, 5.74) is 1.44. The molecule has 0 radical (unpaired) electrons. The van der Waals surface area contributed by atoms with E-state index in [-0.39, 0.29) is 29.6 Å². The third kappa shape index (κ3) is 2.14. The molecule has 3 saturated carbocycles. The molecular weight excluding hydrogens is 286 g/mol. The molecule has 0 amide bonds. The maximum Gasteiger partial charge on any atom is 0.155 e. The number of fused-ring (bicyclic) bond motifs is 5. The molecule has 3 heteroatoms. The number of hydrogen-bond acceptors (Lipinski definition) is 3. The zero-order chi connectivity index (χ0) is 16.2. The van der Waals surface area contributed by atoms with Crippen LogP contribution in [-0.4, -0.2) is 17.5 Å². The van der Waals surface area contributed by atoms with Crippen molar-refractivity contribution in [2.24, 2.45) is 40.9 Å². The predicted molar refractivity (Wildman–Crippen MR) is 87.2 cm³/mol. The Hall–Kier alpha value is -1.14. The van der Waals surface area contributed by atoms with Crippen molar-refractivity contribution >= 4 is 5.78 Å². The van der Waals surface area contributed by atoms with Gasteiger partial charge in [0.15, 0.2) is 5.78 Å². The van der Waals surface area contributed by atoms with Crippen LogP contribution in [0, 0.1) is 52.3 Å². The van der Waals surface area contributed by atoms with Gasteiger partial charge in [-0.1, -0.05) is 12.5 Å². The number of aliphatic hydroxyl groups excluding tert-OH is 1. The monoisotopic (exact) mass is 313 g/mol. The summed E-state index contributed by atoms with van der Waals surface area (Å²) >= 11 is 0. The fourth-order valence-corrected chi connectivity index (χ4v) is 6.72. The molecule has 23 heavy (non-hydrogen) atoms. The van der Waals surface area contributed by atoms with E-state index >= 15 is 0 Å². The van der Waals surface area contributed by atoms with Crippen LogP contribution in [0.15, 0.2) is 11.6 Å². The lowest BCUT2D eigenvalue weighted by molar-refractivity contribution is -0.116. The second-order valence-corrected chi connectivity index (χ2v) is 8.61. The van der Waals surface area contributed by atoms with Gasteiger partial charge in [-0.05, 0) is 73.7 Å². The van der Waals surface area contributed by atoms with Crippen LogP contribution in [0.25, 0.3) is 0 Å². The lowest BCUT2D eigenvalue weighted by Crippen LogP contribution is -2.48. The molecule has 0 aromatic carbocycles. The third-order valence-electron chi connectivity index (χ3n) is 7.87. The fourth-order valence-electron chi connectivity index (χ4n) is 6.72. The average molecular weight is 313 g/mol. The Balaban J connectivity index is 1.68. The van der Waals surface area contributed by atoms with Gasteiger partial charge in [0, 0.05) is 18.9 Å². The minimum Gasteiger partial charge on any atom is -0.396 e. The van der Waals surface area contributed by atoms with Crippen molar-refractivity contribution in [2.75, 3.05) is 6.61 Å². The van der Waals surface area contributed by atoms with Gasteiger partial charge in [-0.2, -0.15) is 5.26 Å².